The molecule has 2 amide bonds. The summed E-state index contributed by atoms with van der Waals surface area (Å²) in [7, 11) is 1.61. The number of amides is 2. The Morgan fingerprint density at radius 2 is 2.15 bits per heavy atom. The highest BCUT2D eigenvalue weighted by Gasteiger charge is 2.37. The van der Waals surface area contributed by atoms with Crippen LogP contribution in [0.2, 0.25) is 0 Å². The van der Waals surface area contributed by atoms with Gasteiger partial charge in [-0.25, -0.2) is 0 Å². The molecule has 0 saturated carbocycles. The number of carbonyl (C=O) groups is 2. The first-order valence-corrected chi connectivity index (χ1v) is 9.20. The molecule has 1 fully saturated rings. The first kappa shape index (κ1) is 18.3. The maximum atomic E-state index is 12.3. The summed E-state index contributed by atoms with van der Waals surface area (Å²) in [5.41, 5.74) is 1.48. The van der Waals surface area contributed by atoms with Gasteiger partial charge >= 0.3 is 0 Å². The van der Waals surface area contributed by atoms with Crippen molar-refractivity contribution in [2.45, 2.75) is 31.2 Å². The predicted octanol–water partition coefficient (Wildman–Crippen LogP) is 1.98. The number of hydrogen-bond acceptors (Lipinski definition) is 6. The van der Waals surface area contributed by atoms with Crippen LogP contribution in [0.5, 0.6) is 5.75 Å². The van der Waals surface area contributed by atoms with E-state index in [1.54, 1.807) is 13.2 Å². The Hall–Kier alpha value is -2.48. The minimum Gasteiger partial charge on any atom is -0.497 e. The van der Waals surface area contributed by atoms with Gasteiger partial charge in [0.15, 0.2) is 5.76 Å². The number of carbonyl (C=O) groups excluding carboxylic acids is 2. The minimum atomic E-state index is -0.534. The molecule has 0 spiro atoms. The van der Waals surface area contributed by atoms with E-state index in [4.69, 9.17) is 9.26 Å². The zero-order chi connectivity index (χ0) is 18.7. The molecule has 0 aliphatic carbocycles. The lowest BCUT2D eigenvalue weighted by molar-refractivity contribution is -0.129. The van der Waals surface area contributed by atoms with Crippen molar-refractivity contribution >= 4 is 23.6 Å². The van der Waals surface area contributed by atoms with Crippen molar-refractivity contribution in [3.63, 3.8) is 0 Å². The summed E-state index contributed by atoms with van der Waals surface area (Å²) in [5.74, 6) is 1.56. The van der Waals surface area contributed by atoms with Gasteiger partial charge in [0, 0.05) is 17.4 Å². The van der Waals surface area contributed by atoms with Crippen LogP contribution in [0.25, 0.3) is 11.3 Å². The number of benzene rings is 1. The van der Waals surface area contributed by atoms with Crippen LogP contribution in [0, 0.1) is 0 Å². The highest BCUT2D eigenvalue weighted by Crippen LogP contribution is 2.29. The Kier molecular flexibility index (Phi) is 5.22. The van der Waals surface area contributed by atoms with Gasteiger partial charge in [-0.2, -0.15) is 0 Å². The number of thioether (sulfide) groups is 1. The van der Waals surface area contributed by atoms with Crippen molar-refractivity contribution in [1.29, 1.82) is 0 Å². The van der Waals surface area contributed by atoms with Gasteiger partial charge in [-0.05, 0) is 38.1 Å². The van der Waals surface area contributed by atoms with Crippen LogP contribution >= 0.6 is 11.8 Å². The summed E-state index contributed by atoms with van der Waals surface area (Å²) >= 11 is 1.47. The van der Waals surface area contributed by atoms with Crippen LogP contribution in [0.4, 0.5) is 0 Å². The zero-order valence-corrected chi connectivity index (χ0v) is 15.7. The summed E-state index contributed by atoms with van der Waals surface area (Å²) in [6.45, 7) is 3.92. The van der Waals surface area contributed by atoms with Crippen LogP contribution in [-0.2, 0) is 16.1 Å². The van der Waals surface area contributed by atoms with E-state index in [0.29, 0.717) is 17.2 Å². The Bertz CT molecular complexity index is 801. The van der Waals surface area contributed by atoms with Crippen molar-refractivity contribution in [3.05, 3.63) is 36.0 Å². The second kappa shape index (κ2) is 7.41. The number of nitrogens with one attached hydrogen (secondary N) is 2. The maximum absolute atomic E-state index is 12.3. The number of nitrogens with zero attached hydrogens (tertiary/aromatic N) is 1. The Morgan fingerprint density at radius 3 is 2.81 bits per heavy atom. The predicted molar refractivity (Wildman–Crippen MR) is 98.8 cm³/mol. The van der Waals surface area contributed by atoms with Crippen molar-refractivity contribution in [1.82, 2.24) is 15.8 Å². The quantitative estimate of drug-likeness (QED) is 0.830. The van der Waals surface area contributed by atoms with E-state index in [9.17, 15) is 9.59 Å². The summed E-state index contributed by atoms with van der Waals surface area (Å²) in [6, 6.07) is 8.66. The minimum absolute atomic E-state index is 0.128. The third-order valence-electron chi connectivity index (χ3n) is 4.16. The monoisotopic (exact) mass is 375 g/mol. The van der Waals surface area contributed by atoms with Crippen molar-refractivity contribution < 1.29 is 18.8 Å². The molecular weight excluding hydrogens is 354 g/mol. The molecule has 2 N–H and O–H groups in total. The molecule has 1 atom stereocenters. The van der Waals surface area contributed by atoms with Crippen LogP contribution in [0.3, 0.4) is 0 Å². The SMILES string of the molecule is COc1ccc(-c2cc(CNC(=O)[C@@H]3CSC(C)(C)C(=O)N3)no2)cc1. The summed E-state index contributed by atoms with van der Waals surface area (Å²) in [4.78, 5) is 24.2. The maximum Gasteiger partial charge on any atom is 0.243 e. The molecule has 3 rings (SSSR count). The molecule has 7 nitrogen and oxygen atoms in total. The van der Waals surface area contributed by atoms with Crippen molar-refractivity contribution in [2.24, 2.45) is 0 Å². The summed E-state index contributed by atoms with van der Waals surface area (Å²) < 4.78 is 9.95. The second-order valence-electron chi connectivity index (χ2n) is 6.48. The third kappa shape index (κ3) is 4.01. The van der Waals surface area contributed by atoms with Gasteiger partial charge in [0.1, 0.15) is 17.5 Å². The van der Waals surface area contributed by atoms with Crippen LogP contribution in [0.1, 0.15) is 19.5 Å². The van der Waals surface area contributed by atoms with E-state index < -0.39 is 10.8 Å². The molecule has 8 heteroatoms. The normalized spacial score (nSPS) is 18.9. The van der Waals surface area contributed by atoms with Gasteiger partial charge in [-0.3, -0.25) is 9.59 Å². The number of rotatable bonds is 5. The van der Waals surface area contributed by atoms with E-state index >= 15 is 0 Å². The van der Waals surface area contributed by atoms with Crippen molar-refractivity contribution in [2.75, 3.05) is 12.9 Å². The molecule has 0 unspecified atom stereocenters. The van der Waals surface area contributed by atoms with Crippen LogP contribution < -0.4 is 15.4 Å². The lowest BCUT2D eigenvalue weighted by Crippen LogP contribution is -2.57. The molecule has 2 heterocycles. The average Bonchev–Trinajstić information content (AvgIpc) is 3.11. The first-order valence-electron chi connectivity index (χ1n) is 8.22. The molecule has 1 saturated heterocycles. The number of aromatic nitrogens is 1. The van der Waals surface area contributed by atoms with E-state index in [1.165, 1.54) is 11.8 Å². The van der Waals surface area contributed by atoms with Gasteiger partial charge in [0.2, 0.25) is 11.8 Å². The Balaban J connectivity index is 1.56. The van der Waals surface area contributed by atoms with E-state index in [-0.39, 0.29) is 18.4 Å². The fourth-order valence-corrected chi connectivity index (χ4v) is 3.47. The molecule has 1 aliphatic rings. The lowest BCUT2D eigenvalue weighted by atomic mass is 10.1. The topological polar surface area (TPSA) is 93.5 Å². The third-order valence-corrected chi connectivity index (χ3v) is 5.56. The fourth-order valence-electron chi connectivity index (χ4n) is 2.46. The van der Waals surface area contributed by atoms with E-state index in [0.717, 1.165) is 11.3 Å². The lowest BCUT2D eigenvalue weighted by Gasteiger charge is -2.32. The molecule has 138 valence electrons. The number of methoxy groups -OCH3 is 1. The molecule has 0 radical (unpaired) electrons. The first-order chi connectivity index (χ1) is 12.4. The Labute approximate surface area is 155 Å². The van der Waals surface area contributed by atoms with Gasteiger partial charge in [0.25, 0.3) is 0 Å². The smallest absolute Gasteiger partial charge is 0.243 e. The molecule has 1 aromatic carbocycles. The molecule has 2 aromatic rings. The van der Waals surface area contributed by atoms with Gasteiger partial charge in [-0.15, -0.1) is 11.8 Å². The van der Waals surface area contributed by atoms with Crippen LogP contribution in [0.15, 0.2) is 34.9 Å². The largest absolute Gasteiger partial charge is 0.497 e. The number of hydrogen-bond donors (Lipinski definition) is 2. The van der Waals surface area contributed by atoms with Gasteiger partial charge < -0.3 is 19.9 Å². The van der Waals surface area contributed by atoms with E-state index in [1.807, 2.05) is 38.1 Å². The zero-order valence-electron chi connectivity index (χ0n) is 14.9. The molecular formula is C18H21N3O4S. The molecule has 1 aromatic heterocycles. The standard InChI is InChI=1S/C18H21N3O4S/c1-18(2)17(23)20-14(10-26-18)16(22)19-9-12-8-15(25-21-12)11-4-6-13(24-3)7-5-11/h4-8,14H,9-10H2,1-3H3,(H,19,22)(H,20,23)/t14-/m0/s1. The van der Waals surface area contributed by atoms with E-state index in [2.05, 4.69) is 15.8 Å². The van der Waals surface area contributed by atoms with Gasteiger partial charge in [0.05, 0.1) is 18.4 Å². The summed E-state index contributed by atoms with van der Waals surface area (Å²) in [5, 5.41) is 9.52. The molecule has 26 heavy (non-hydrogen) atoms. The highest BCUT2D eigenvalue weighted by atomic mass is 32.2. The fraction of sp³-hybridized carbons (Fsp3) is 0.389. The average molecular weight is 375 g/mol. The summed E-state index contributed by atoms with van der Waals surface area (Å²) in [6.07, 6.45) is 0. The van der Waals surface area contributed by atoms with Crippen molar-refractivity contribution in [3.8, 4) is 17.1 Å². The second-order valence-corrected chi connectivity index (χ2v) is 8.12. The molecule has 0 bridgehead atoms. The molecule has 1 aliphatic heterocycles. The highest BCUT2D eigenvalue weighted by molar-refractivity contribution is 8.01. The number of ether oxygens (including phenoxy) is 1. The van der Waals surface area contributed by atoms with Crippen LogP contribution in [-0.4, -0.2) is 40.6 Å². The van der Waals surface area contributed by atoms with Gasteiger partial charge in [-0.1, -0.05) is 5.16 Å². The Morgan fingerprint density at radius 1 is 1.42 bits per heavy atom.